The minimum Gasteiger partial charge on any atom is -0.457 e. The van der Waals surface area contributed by atoms with E-state index in [2.05, 4.69) is 0 Å². The van der Waals surface area contributed by atoms with Gasteiger partial charge in [-0.1, -0.05) is 24.3 Å². The molecule has 0 bridgehead atoms. The van der Waals surface area contributed by atoms with Crippen LogP contribution in [-0.2, 0) is 9.94 Å². The third kappa shape index (κ3) is 2.91. The van der Waals surface area contributed by atoms with Gasteiger partial charge in [-0.05, 0) is 45.9 Å². The largest absolute Gasteiger partial charge is 0.457 e. The van der Waals surface area contributed by atoms with Gasteiger partial charge in [-0.2, -0.15) is 0 Å². The van der Waals surface area contributed by atoms with Crippen LogP contribution in [0.1, 0.15) is 76.3 Å². The van der Waals surface area contributed by atoms with Crippen molar-refractivity contribution in [3.63, 3.8) is 0 Å². The monoisotopic (exact) mass is 392 g/mol. The molecule has 1 aliphatic heterocycles. The maximum atomic E-state index is 12.9. The van der Waals surface area contributed by atoms with Crippen molar-refractivity contribution < 1.29 is 24.3 Å². The number of esters is 1. The summed E-state index contributed by atoms with van der Waals surface area (Å²) in [7, 11) is 0. The van der Waals surface area contributed by atoms with Gasteiger partial charge in [0.1, 0.15) is 6.10 Å². The predicted molar refractivity (Wildman–Crippen MR) is 104 cm³/mol. The highest BCUT2D eigenvalue weighted by molar-refractivity contribution is 6.28. The molecule has 0 amide bonds. The Morgan fingerprint density at radius 2 is 1.48 bits per heavy atom. The lowest BCUT2D eigenvalue weighted by atomic mass is 9.83. The van der Waals surface area contributed by atoms with Crippen LogP contribution in [0.25, 0.3) is 0 Å². The average Bonchev–Trinajstić information content (AvgIpc) is 2.84. The quantitative estimate of drug-likeness (QED) is 0.622. The van der Waals surface area contributed by atoms with Crippen molar-refractivity contribution in [1.29, 1.82) is 0 Å². The number of rotatable bonds is 2. The van der Waals surface area contributed by atoms with E-state index in [1.165, 1.54) is 18.2 Å². The first-order chi connectivity index (χ1) is 13.5. The molecule has 0 spiro atoms. The van der Waals surface area contributed by atoms with Gasteiger partial charge in [0.2, 0.25) is 0 Å². The van der Waals surface area contributed by atoms with E-state index in [1.54, 1.807) is 38.1 Å². The van der Waals surface area contributed by atoms with Gasteiger partial charge >= 0.3 is 5.97 Å². The average molecular weight is 392 g/mol. The van der Waals surface area contributed by atoms with Gasteiger partial charge in [-0.3, -0.25) is 9.59 Å². The lowest BCUT2D eigenvalue weighted by Crippen LogP contribution is -2.48. The number of carbonyl (C=O) groups excluding carboxylic acids is 3. The molecular formula is C23H22NO5. The number of ether oxygens (including phenoxy) is 1. The molecule has 1 unspecified atom stereocenters. The van der Waals surface area contributed by atoms with Crippen LogP contribution in [0.15, 0.2) is 42.5 Å². The number of ketones is 2. The molecular weight excluding hydrogens is 370 g/mol. The Morgan fingerprint density at radius 1 is 0.931 bits per heavy atom. The van der Waals surface area contributed by atoms with Crippen molar-refractivity contribution in [3.05, 3.63) is 70.3 Å². The Balaban J connectivity index is 1.64. The Bertz CT molecular complexity index is 1050. The zero-order valence-corrected chi connectivity index (χ0v) is 16.8. The SMILES string of the molecule is CC1(C)CC(OC(=O)c2ccc3c(c2)C(=O)c2ccccc2C3=O)C(C)(C)N1[O]. The highest BCUT2D eigenvalue weighted by Crippen LogP contribution is 2.41. The summed E-state index contributed by atoms with van der Waals surface area (Å²) in [5, 5.41) is 13.5. The van der Waals surface area contributed by atoms with Crippen LogP contribution in [0.4, 0.5) is 0 Å². The molecule has 1 radical (unpaired) electrons. The third-order valence-electron chi connectivity index (χ3n) is 5.96. The van der Waals surface area contributed by atoms with Crippen LogP contribution < -0.4 is 0 Å². The predicted octanol–water partition coefficient (Wildman–Crippen LogP) is 3.60. The van der Waals surface area contributed by atoms with Gasteiger partial charge in [-0.15, -0.1) is 10.3 Å². The van der Waals surface area contributed by atoms with Crippen molar-refractivity contribution in [1.82, 2.24) is 5.06 Å². The molecule has 0 saturated carbocycles. The molecule has 4 rings (SSSR count). The van der Waals surface area contributed by atoms with Crippen LogP contribution >= 0.6 is 0 Å². The third-order valence-corrected chi connectivity index (χ3v) is 5.96. The Hall–Kier alpha value is -2.83. The maximum Gasteiger partial charge on any atom is 0.338 e. The van der Waals surface area contributed by atoms with Crippen molar-refractivity contribution >= 4 is 17.5 Å². The van der Waals surface area contributed by atoms with Crippen LogP contribution in [0.5, 0.6) is 0 Å². The van der Waals surface area contributed by atoms with Crippen molar-refractivity contribution in [3.8, 4) is 0 Å². The molecule has 29 heavy (non-hydrogen) atoms. The van der Waals surface area contributed by atoms with Gasteiger partial charge < -0.3 is 4.74 Å². The lowest BCUT2D eigenvalue weighted by molar-refractivity contribution is -0.251. The second-order valence-corrected chi connectivity index (χ2v) is 8.82. The van der Waals surface area contributed by atoms with E-state index < -0.39 is 23.2 Å². The van der Waals surface area contributed by atoms with E-state index >= 15 is 0 Å². The molecule has 0 aromatic heterocycles. The second-order valence-electron chi connectivity index (χ2n) is 8.82. The van der Waals surface area contributed by atoms with Gasteiger partial charge in [0.25, 0.3) is 0 Å². The topological polar surface area (TPSA) is 83.6 Å². The maximum absolute atomic E-state index is 12.9. The van der Waals surface area contributed by atoms with Crippen LogP contribution in [0, 0.1) is 0 Å². The zero-order valence-electron chi connectivity index (χ0n) is 16.8. The van der Waals surface area contributed by atoms with E-state index in [4.69, 9.17) is 4.74 Å². The summed E-state index contributed by atoms with van der Waals surface area (Å²) in [5.41, 5.74) is -0.156. The smallest absolute Gasteiger partial charge is 0.338 e. The molecule has 0 N–H and O–H groups in total. The fraction of sp³-hybridized carbons (Fsp3) is 0.348. The molecule has 1 aliphatic carbocycles. The minimum absolute atomic E-state index is 0.183. The molecule has 2 aromatic carbocycles. The number of hydrogen-bond donors (Lipinski definition) is 0. The number of nitrogens with zero attached hydrogens (tertiary/aromatic N) is 1. The molecule has 1 saturated heterocycles. The number of benzene rings is 2. The normalized spacial score (nSPS) is 22.2. The van der Waals surface area contributed by atoms with Crippen molar-refractivity contribution in [2.75, 3.05) is 0 Å². The van der Waals surface area contributed by atoms with E-state index in [1.807, 2.05) is 13.8 Å². The zero-order chi connectivity index (χ0) is 21.1. The molecule has 2 aromatic rings. The Labute approximate surface area is 169 Å². The summed E-state index contributed by atoms with van der Waals surface area (Å²) in [6.07, 6.45) is -0.179. The molecule has 149 valence electrons. The lowest BCUT2D eigenvalue weighted by Gasteiger charge is -2.32. The number of carbonyl (C=O) groups is 3. The van der Waals surface area contributed by atoms with Crippen LogP contribution in [-0.4, -0.2) is 39.8 Å². The Morgan fingerprint density at radius 3 is 2.03 bits per heavy atom. The first-order valence-corrected chi connectivity index (χ1v) is 9.55. The highest BCUT2D eigenvalue weighted by atomic mass is 16.6. The van der Waals surface area contributed by atoms with E-state index in [0.717, 1.165) is 5.06 Å². The van der Waals surface area contributed by atoms with E-state index in [0.29, 0.717) is 17.5 Å². The highest BCUT2D eigenvalue weighted by Gasteiger charge is 2.54. The van der Waals surface area contributed by atoms with Crippen LogP contribution in [0.3, 0.4) is 0 Å². The number of hydroxylamine groups is 2. The Kier molecular flexibility index (Phi) is 4.26. The van der Waals surface area contributed by atoms with E-state index in [-0.39, 0.29) is 28.3 Å². The van der Waals surface area contributed by atoms with Crippen molar-refractivity contribution in [2.45, 2.75) is 51.3 Å². The first-order valence-electron chi connectivity index (χ1n) is 9.55. The van der Waals surface area contributed by atoms with Crippen molar-refractivity contribution in [2.24, 2.45) is 0 Å². The first kappa shape index (κ1) is 19.5. The van der Waals surface area contributed by atoms with Crippen LogP contribution in [0.2, 0.25) is 0 Å². The van der Waals surface area contributed by atoms with Gasteiger partial charge in [0, 0.05) is 34.2 Å². The molecule has 2 aliphatic rings. The fourth-order valence-corrected chi connectivity index (χ4v) is 4.31. The van der Waals surface area contributed by atoms with Gasteiger partial charge in [-0.25, -0.2) is 4.79 Å². The molecule has 1 atom stereocenters. The second kappa shape index (κ2) is 6.34. The molecule has 1 heterocycles. The molecule has 6 nitrogen and oxygen atoms in total. The van der Waals surface area contributed by atoms with Gasteiger partial charge in [0.15, 0.2) is 11.6 Å². The standard InChI is InChI=1S/C23H22NO5/c1-22(2)12-18(23(3,4)24(22)28)29-21(27)13-9-10-16-17(11-13)20(26)15-8-6-5-7-14(15)19(16)25/h5-11,18H,12H2,1-4H3. The summed E-state index contributed by atoms with van der Waals surface area (Å²) in [6, 6.07) is 11.0. The summed E-state index contributed by atoms with van der Waals surface area (Å²) in [4.78, 5) is 38.3. The minimum atomic E-state index is -0.863. The summed E-state index contributed by atoms with van der Waals surface area (Å²) < 4.78 is 5.66. The number of fused-ring (bicyclic) bond motifs is 2. The summed E-state index contributed by atoms with van der Waals surface area (Å²) in [6.45, 7) is 7.13. The van der Waals surface area contributed by atoms with E-state index in [9.17, 15) is 19.6 Å². The molecule has 6 heteroatoms. The summed E-state index contributed by atoms with van der Waals surface area (Å²) in [5.74, 6) is -1.15. The molecule has 1 fully saturated rings. The summed E-state index contributed by atoms with van der Waals surface area (Å²) >= 11 is 0. The fourth-order valence-electron chi connectivity index (χ4n) is 4.31. The number of hydrogen-bond acceptors (Lipinski definition) is 5. The van der Waals surface area contributed by atoms with Gasteiger partial charge in [0.05, 0.1) is 11.1 Å².